The van der Waals surface area contributed by atoms with Crippen LogP contribution in [0, 0.1) is 6.92 Å². The number of H-pyrrole nitrogens is 1. The maximum absolute atomic E-state index is 12.7. The number of carbonyl (C=O) groups is 1. The number of rotatable bonds is 5. The number of hydrogen-bond donors (Lipinski definition) is 2. The molecular formula is C25H29N7O2S. The predicted octanol–water partition coefficient (Wildman–Crippen LogP) is 3.85. The summed E-state index contributed by atoms with van der Waals surface area (Å²) in [4.78, 5) is 36.8. The maximum Gasteiger partial charge on any atom is 0.263 e. The number of thiazole rings is 1. The first-order chi connectivity index (χ1) is 16.8. The van der Waals surface area contributed by atoms with Crippen LogP contribution in [0.1, 0.15) is 46.6 Å². The van der Waals surface area contributed by atoms with E-state index in [1.165, 1.54) is 11.3 Å². The van der Waals surface area contributed by atoms with Gasteiger partial charge in [-0.1, -0.05) is 32.9 Å². The van der Waals surface area contributed by atoms with Crippen LogP contribution in [0.5, 0.6) is 0 Å². The summed E-state index contributed by atoms with van der Waals surface area (Å²) >= 11 is 1.44. The summed E-state index contributed by atoms with van der Waals surface area (Å²) in [6, 6.07) is 6.14. The van der Waals surface area contributed by atoms with Crippen molar-refractivity contribution in [2.24, 2.45) is 0 Å². The molecule has 1 fully saturated rings. The molecule has 3 aromatic heterocycles. The third-order valence-electron chi connectivity index (χ3n) is 6.01. The van der Waals surface area contributed by atoms with Gasteiger partial charge in [0.15, 0.2) is 5.65 Å². The fourth-order valence-corrected chi connectivity index (χ4v) is 4.88. The molecule has 1 aliphatic rings. The number of amides is 1. The Hall–Kier alpha value is -3.37. The van der Waals surface area contributed by atoms with E-state index in [0.29, 0.717) is 30.3 Å². The lowest BCUT2D eigenvalue weighted by Gasteiger charge is -2.25. The zero-order valence-corrected chi connectivity index (χ0v) is 21.2. The third kappa shape index (κ3) is 4.89. The third-order valence-corrected chi connectivity index (χ3v) is 7.43. The molecule has 0 radical (unpaired) electrons. The normalized spacial score (nSPS) is 14.5. The fraction of sp³-hybridized carbons (Fsp3) is 0.400. The van der Waals surface area contributed by atoms with Gasteiger partial charge in [-0.05, 0) is 24.1 Å². The molecule has 1 aromatic carbocycles. The van der Waals surface area contributed by atoms with Gasteiger partial charge in [0.25, 0.3) is 5.91 Å². The van der Waals surface area contributed by atoms with Crippen LogP contribution in [0.15, 0.2) is 30.7 Å². The monoisotopic (exact) mass is 491 g/mol. The van der Waals surface area contributed by atoms with Crippen molar-refractivity contribution >= 4 is 34.4 Å². The number of fused-ring (bicyclic) bond motifs is 1. The smallest absolute Gasteiger partial charge is 0.263 e. The number of imidazole rings is 1. The van der Waals surface area contributed by atoms with Crippen molar-refractivity contribution in [1.82, 2.24) is 30.2 Å². The second-order valence-corrected chi connectivity index (χ2v) is 10.7. The number of carbonyl (C=O) groups excluding carboxylic acids is 1. The number of anilines is 1. The van der Waals surface area contributed by atoms with Crippen molar-refractivity contribution in [2.45, 2.75) is 39.7 Å². The van der Waals surface area contributed by atoms with Gasteiger partial charge in [0.05, 0.1) is 30.1 Å². The average Bonchev–Trinajstić information content (AvgIpc) is 3.51. The van der Waals surface area contributed by atoms with Gasteiger partial charge in [-0.3, -0.25) is 4.79 Å². The van der Waals surface area contributed by atoms with Crippen molar-refractivity contribution in [3.63, 3.8) is 0 Å². The highest BCUT2D eigenvalue weighted by atomic mass is 32.1. The number of benzene rings is 1. The van der Waals surface area contributed by atoms with Crippen LogP contribution in [0.2, 0.25) is 0 Å². The zero-order valence-electron chi connectivity index (χ0n) is 20.4. The molecule has 1 aliphatic heterocycles. The number of nitrogens with zero attached hydrogens (tertiary/aromatic N) is 5. The van der Waals surface area contributed by atoms with E-state index in [-0.39, 0.29) is 11.3 Å². The summed E-state index contributed by atoms with van der Waals surface area (Å²) in [6.07, 6.45) is 3.21. The fourth-order valence-electron chi connectivity index (χ4n) is 3.99. The molecular weight excluding hydrogens is 462 g/mol. The Balaban J connectivity index is 1.33. The van der Waals surface area contributed by atoms with Gasteiger partial charge in [-0.25, -0.2) is 15.0 Å². The van der Waals surface area contributed by atoms with E-state index in [2.05, 4.69) is 62.0 Å². The van der Waals surface area contributed by atoms with E-state index < -0.39 is 0 Å². The first-order valence-corrected chi connectivity index (χ1v) is 12.5. The van der Waals surface area contributed by atoms with Crippen LogP contribution in [-0.4, -0.2) is 57.1 Å². The van der Waals surface area contributed by atoms with Crippen molar-refractivity contribution < 1.29 is 9.53 Å². The summed E-state index contributed by atoms with van der Waals surface area (Å²) in [7, 11) is 0. The predicted molar refractivity (Wildman–Crippen MR) is 137 cm³/mol. The van der Waals surface area contributed by atoms with Crippen LogP contribution in [0.25, 0.3) is 22.4 Å². The van der Waals surface area contributed by atoms with Crippen molar-refractivity contribution in [1.29, 1.82) is 0 Å². The topological polar surface area (TPSA) is 109 Å². The van der Waals surface area contributed by atoms with Gasteiger partial charge in [-0.2, -0.15) is 4.98 Å². The van der Waals surface area contributed by atoms with Gasteiger partial charge in [0.1, 0.15) is 16.7 Å². The second kappa shape index (κ2) is 9.35. The number of nitrogens with one attached hydrogen (secondary N) is 2. The SMILES string of the molecule is Cc1cc(-c2ncnc3nc(N4CCOCC4)[nH]c23)ccc1CNC(=O)c1cnc(C(C)(C)C)s1. The standard InChI is InChI=1S/C25H29N7O2S/c1-15-11-16(5-6-17(15)12-26-22(33)18-13-27-23(35-18)25(2,3)4)19-20-21(29-14-28-19)31-24(30-20)32-7-9-34-10-8-32/h5-6,11,13-14H,7-10,12H2,1-4H3,(H,26,33)(H,28,29,30,31). The van der Waals surface area contributed by atoms with Crippen LogP contribution in [0.4, 0.5) is 5.95 Å². The molecule has 1 amide bonds. The molecule has 0 aliphatic carbocycles. The first kappa shape index (κ1) is 23.4. The Kier molecular flexibility index (Phi) is 6.24. The summed E-state index contributed by atoms with van der Waals surface area (Å²) < 4.78 is 5.45. The Labute approximate surface area is 208 Å². The number of aromatic amines is 1. The van der Waals surface area contributed by atoms with Crippen LogP contribution < -0.4 is 10.2 Å². The molecule has 1 saturated heterocycles. The maximum atomic E-state index is 12.7. The number of aromatic nitrogens is 5. The molecule has 0 atom stereocenters. The summed E-state index contributed by atoms with van der Waals surface area (Å²) in [5.41, 5.74) is 5.28. The largest absolute Gasteiger partial charge is 0.378 e. The Morgan fingerprint density at radius 2 is 2.00 bits per heavy atom. The molecule has 0 spiro atoms. The van der Waals surface area contributed by atoms with Gasteiger partial charge in [0.2, 0.25) is 5.95 Å². The first-order valence-electron chi connectivity index (χ1n) is 11.7. The van der Waals surface area contributed by atoms with Gasteiger partial charge in [0, 0.05) is 30.6 Å². The number of morpholine rings is 1. The minimum atomic E-state index is -0.105. The minimum absolute atomic E-state index is 0.0698. The van der Waals surface area contributed by atoms with Gasteiger partial charge >= 0.3 is 0 Å². The molecule has 0 bridgehead atoms. The zero-order chi connectivity index (χ0) is 24.6. The Bertz CT molecular complexity index is 1370. The van der Waals surface area contributed by atoms with Gasteiger partial charge < -0.3 is 19.9 Å². The van der Waals surface area contributed by atoms with Crippen molar-refractivity contribution in [3.05, 3.63) is 51.7 Å². The summed E-state index contributed by atoms with van der Waals surface area (Å²) in [5.74, 6) is 0.686. The second-order valence-electron chi connectivity index (χ2n) is 9.68. The Morgan fingerprint density at radius 1 is 1.20 bits per heavy atom. The Morgan fingerprint density at radius 3 is 2.71 bits per heavy atom. The number of aryl methyl sites for hydroxylation is 1. The molecule has 5 rings (SSSR count). The lowest BCUT2D eigenvalue weighted by atomic mass is 9.98. The molecule has 0 unspecified atom stereocenters. The van der Waals surface area contributed by atoms with E-state index in [4.69, 9.17) is 4.74 Å². The number of ether oxygens (including phenoxy) is 1. The van der Waals surface area contributed by atoms with Crippen molar-refractivity contribution in [3.8, 4) is 11.3 Å². The summed E-state index contributed by atoms with van der Waals surface area (Å²) in [5, 5.41) is 3.98. The van der Waals surface area contributed by atoms with Crippen LogP contribution in [0.3, 0.4) is 0 Å². The molecule has 10 heteroatoms. The van der Waals surface area contributed by atoms with E-state index in [0.717, 1.165) is 51.9 Å². The highest BCUT2D eigenvalue weighted by molar-refractivity contribution is 7.13. The van der Waals surface area contributed by atoms with E-state index >= 15 is 0 Å². The number of hydrogen-bond acceptors (Lipinski definition) is 8. The van der Waals surface area contributed by atoms with E-state index in [1.54, 1.807) is 12.5 Å². The average molecular weight is 492 g/mol. The molecule has 182 valence electrons. The highest BCUT2D eigenvalue weighted by Crippen LogP contribution is 2.29. The van der Waals surface area contributed by atoms with Crippen LogP contribution >= 0.6 is 11.3 Å². The van der Waals surface area contributed by atoms with Crippen molar-refractivity contribution in [2.75, 3.05) is 31.2 Å². The highest BCUT2D eigenvalue weighted by Gasteiger charge is 2.21. The lowest BCUT2D eigenvalue weighted by Crippen LogP contribution is -2.36. The molecule has 4 aromatic rings. The van der Waals surface area contributed by atoms with Gasteiger partial charge in [-0.15, -0.1) is 11.3 Å². The molecule has 4 heterocycles. The van der Waals surface area contributed by atoms with E-state index in [9.17, 15) is 4.79 Å². The van der Waals surface area contributed by atoms with E-state index in [1.807, 2.05) is 19.1 Å². The molecule has 2 N–H and O–H groups in total. The quantitative estimate of drug-likeness (QED) is 0.436. The summed E-state index contributed by atoms with van der Waals surface area (Å²) in [6.45, 7) is 11.7. The minimum Gasteiger partial charge on any atom is -0.378 e. The van der Waals surface area contributed by atoms with Crippen LogP contribution in [-0.2, 0) is 16.7 Å². The molecule has 35 heavy (non-hydrogen) atoms. The molecule has 0 saturated carbocycles. The molecule has 9 nitrogen and oxygen atoms in total. The lowest BCUT2D eigenvalue weighted by molar-refractivity contribution is 0.0954.